The molecule has 0 bridgehead atoms. The van der Waals surface area contributed by atoms with E-state index in [1.54, 1.807) is 12.4 Å². The quantitative estimate of drug-likeness (QED) is 0.867. The molecule has 0 N–H and O–H groups in total. The van der Waals surface area contributed by atoms with Crippen molar-refractivity contribution in [1.82, 2.24) is 14.9 Å². The van der Waals surface area contributed by atoms with E-state index in [0.29, 0.717) is 6.04 Å². The van der Waals surface area contributed by atoms with Crippen LogP contribution >= 0.6 is 0 Å². The minimum Gasteiger partial charge on any atom is -0.485 e. The fraction of sp³-hybridized carbons (Fsp3) is 0.444. The summed E-state index contributed by atoms with van der Waals surface area (Å²) in [6.45, 7) is 2.53. The number of aromatic nitrogens is 2. The van der Waals surface area contributed by atoms with Crippen molar-refractivity contribution in [2.24, 2.45) is 0 Å². The van der Waals surface area contributed by atoms with E-state index in [1.807, 2.05) is 30.5 Å². The second kappa shape index (κ2) is 6.64. The molecule has 2 saturated heterocycles. The molecule has 0 amide bonds. The summed E-state index contributed by atoms with van der Waals surface area (Å²) in [4.78, 5) is 11.0. The van der Waals surface area contributed by atoms with E-state index in [2.05, 4.69) is 20.9 Å². The van der Waals surface area contributed by atoms with Crippen LogP contribution in [-0.4, -0.2) is 46.3 Å². The van der Waals surface area contributed by atoms with E-state index in [1.165, 1.54) is 0 Å². The third-order valence-corrected chi connectivity index (χ3v) is 4.60. The Morgan fingerprint density at radius 1 is 1.22 bits per heavy atom. The van der Waals surface area contributed by atoms with Crippen LogP contribution in [0.2, 0.25) is 0 Å². The lowest BCUT2D eigenvalue weighted by atomic mass is 10.0. The first kappa shape index (κ1) is 14.6. The maximum Gasteiger partial charge on any atom is 0.139 e. The third kappa shape index (κ3) is 3.21. The highest BCUT2D eigenvalue weighted by atomic mass is 16.5. The second-order valence-corrected chi connectivity index (χ2v) is 6.14. The molecule has 4 rings (SSSR count). The smallest absolute Gasteiger partial charge is 0.139 e. The van der Waals surface area contributed by atoms with E-state index in [-0.39, 0.29) is 12.2 Å². The van der Waals surface area contributed by atoms with Gasteiger partial charge in [-0.2, -0.15) is 0 Å². The van der Waals surface area contributed by atoms with Crippen LogP contribution in [0.3, 0.4) is 0 Å². The van der Waals surface area contributed by atoms with Gasteiger partial charge in [-0.1, -0.05) is 6.07 Å². The third-order valence-electron chi connectivity index (χ3n) is 4.60. The highest BCUT2D eigenvalue weighted by Gasteiger charge is 2.45. The van der Waals surface area contributed by atoms with Crippen molar-refractivity contribution in [3.05, 3.63) is 54.6 Å². The molecular weight excluding hydrogens is 290 g/mol. The zero-order valence-corrected chi connectivity index (χ0v) is 13.0. The number of rotatable bonds is 4. The molecular formula is C18H21N3O2. The highest BCUT2D eigenvalue weighted by Crippen LogP contribution is 2.32. The Morgan fingerprint density at radius 3 is 3.04 bits per heavy atom. The van der Waals surface area contributed by atoms with Crippen molar-refractivity contribution in [2.75, 3.05) is 13.2 Å². The number of likely N-dealkylation sites (tertiary alicyclic amines) is 1. The number of pyridine rings is 2. The Labute approximate surface area is 136 Å². The Morgan fingerprint density at radius 2 is 2.22 bits per heavy atom. The molecule has 2 fully saturated rings. The normalized spacial score (nSPS) is 27.6. The summed E-state index contributed by atoms with van der Waals surface area (Å²) in [7, 11) is 0. The van der Waals surface area contributed by atoms with Crippen molar-refractivity contribution in [1.29, 1.82) is 0 Å². The van der Waals surface area contributed by atoms with Crippen molar-refractivity contribution < 1.29 is 9.47 Å². The van der Waals surface area contributed by atoms with Crippen molar-refractivity contribution in [3.8, 4) is 5.75 Å². The van der Waals surface area contributed by atoms with Gasteiger partial charge >= 0.3 is 0 Å². The molecule has 2 aromatic rings. The predicted molar refractivity (Wildman–Crippen MR) is 86.1 cm³/mol. The summed E-state index contributed by atoms with van der Waals surface area (Å²) >= 11 is 0. The van der Waals surface area contributed by atoms with Gasteiger partial charge in [-0.05, 0) is 37.1 Å². The monoisotopic (exact) mass is 311 g/mol. The highest BCUT2D eigenvalue weighted by molar-refractivity contribution is 5.17. The minimum absolute atomic E-state index is 0.0493. The van der Waals surface area contributed by atoms with Crippen LogP contribution in [0.4, 0.5) is 0 Å². The molecule has 0 aliphatic carbocycles. The lowest BCUT2D eigenvalue weighted by Crippen LogP contribution is -2.42. The minimum atomic E-state index is 0.0493. The van der Waals surface area contributed by atoms with E-state index >= 15 is 0 Å². The number of hydrogen-bond acceptors (Lipinski definition) is 5. The molecule has 4 heterocycles. The summed E-state index contributed by atoms with van der Waals surface area (Å²) in [6.07, 6.45) is 7.82. The van der Waals surface area contributed by atoms with Crippen LogP contribution in [0.1, 0.15) is 18.5 Å². The van der Waals surface area contributed by atoms with Gasteiger partial charge in [0.05, 0.1) is 11.9 Å². The molecule has 120 valence electrons. The lowest BCUT2D eigenvalue weighted by Gasteiger charge is -2.32. The van der Waals surface area contributed by atoms with Gasteiger partial charge in [0.2, 0.25) is 0 Å². The maximum absolute atomic E-state index is 6.16. The zero-order valence-electron chi connectivity index (χ0n) is 13.0. The van der Waals surface area contributed by atoms with Gasteiger partial charge in [-0.15, -0.1) is 0 Å². The standard InChI is InChI=1S/C18H21N3O2/c1-2-9-20-14(5-1)12-21-13-17(18-16(21)7-4-10-22-18)23-15-6-3-8-19-11-15/h1-3,5-6,8-9,11,16-18H,4,7,10,12-13H2/t16-,17-,18-/m1/s1. The van der Waals surface area contributed by atoms with Crippen LogP contribution in [0.5, 0.6) is 5.75 Å². The summed E-state index contributed by atoms with van der Waals surface area (Å²) in [6, 6.07) is 10.3. The van der Waals surface area contributed by atoms with Gasteiger partial charge < -0.3 is 9.47 Å². The summed E-state index contributed by atoms with van der Waals surface area (Å²) in [5, 5.41) is 0. The molecule has 0 saturated carbocycles. The van der Waals surface area contributed by atoms with Gasteiger partial charge in [0.25, 0.3) is 0 Å². The van der Waals surface area contributed by atoms with E-state index in [4.69, 9.17) is 9.47 Å². The lowest BCUT2D eigenvalue weighted by molar-refractivity contribution is -0.0473. The van der Waals surface area contributed by atoms with E-state index < -0.39 is 0 Å². The first-order valence-corrected chi connectivity index (χ1v) is 8.22. The molecule has 2 aliphatic rings. The van der Waals surface area contributed by atoms with Crippen LogP contribution in [-0.2, 0) is 11.3 Å². The molecule has 2 aliphatic heterocycles. The predicted octanol–water partition coefficient (Wildman–Crippen LogP) is 2.29. The molecule has 2 aromatic heterocycles. The van der Waals surface area contributed by atoms with Crippen molar-refractivity contribution in [3.63, 3.8) is 0 Å². The largest absolute Gasteiger partial charge is 0.485 e. The first-order valence-electron chi connectivity index (χ1n) is 8.22. The van der Waals surface area contributed by atoms with Gasteiger partial charge in [-0.3, -0.25) is 14.9 Å². The molecule has 0 radical (unpaired) electrons. The zero-order chi connectivity index (χ0) is 15.5. The summed E-state index contributed by atoms with van der Waals surface area (Å²) < 4.78 is 12.2. The molecule has 0 spiro atoms. The van der Waals surface area contributed by atoms with Gasteiger partial charge in [-0.25, -0.2) is 0 Å². The number of nitrogens with zero attached hydrogens (tertiary/aromatic N) is 3. The topological polar surface area (TPSA) is 47.5 Å². The molecule has 0 unspecified atom stereocenters. The number of hydrogen-bond donors (Lipinski definition) is 0. The maximum atomic E-state index is 6.16. The van der Waals surface area contributed by atoms with Crippen LogP contribution in [0, 0.1) is 0 Å². The van der Waals surface area contributed by atoms with Crippen molar-refractivity contribution in [2.45, 2.75) is 37.6 Å². The van der Waals surface area contributed by atoms with Crippen LogP contribution in [0.25, 0.3) is 0 Å². The Hall–Kier alpha value is -1.98. The molecule has 0 aromatic carbocycles. The average molecular weight is 311 g/mol. The second-order valence-electron chi connectivity index (χ2n) is 6.14. The summed E-state index contributed by atoms with van der Waals surface area (Å²) in [5.41, 5.74) is 1.10. The van der Waals surface area contributed by atoms with Gasteiger partial charge in [0, 0.05) is 38.1 Å². The SMILES string of the molecule is c1ccc(CN2C[C@@H](Oc3cccnc3)[C@@H]3OCCC[C@H]32)nc1. The molecule has 5 heteroatoms. The molecule has 5 nitrogen and oxygen atoms in total. The average Bonchev–Trinajstić information content (AvgIpc) is 2.95. The van der Waals surface area contributed by atoms with Crippen LogP contribution in [0.15, 0.2) is 48.9 Å². The fourth-order valence-electron chi connectivity index (χ4n) is 3.58. The Balaban J connectivity index is 1.50. The van der Waals surface area contributed by atoms with Gasteiger partial charge in [0.1, 0.15) is 18.0 Å². The fourth-order valence-corrected chi connectivity index (χ4v) is 3.58. The van der Waals surface area contributed by atoms with Gasteiger partial charge in [0.15, 0.2) is 0 Å². The van der Waals surface area contributed by atoms with E-state index in [9.17, 15) is 0 Å². The van der Waals surface area contributed by atoms with E-state index in [0.717, 1.165) is 44.0 Å². The summed E-state index contributed by atoms with van der Waals surface area (Å²) in [5.74, 6) is 0.810. The first-order chi connectivity index (χ1) is 11.4. The Kier molecular flexibility index (Phi) is 4.22. The number of fused-ring (bicyclic) bond motifs is 1. The molecule has 23 heavy (non-hydrogen) atoms. The van der Waals surface area contributed by atoms with Crippen molar-refractivity contribution >= 4 is 0 Å². The Bertz CT molecular complexity index is 567. The molecule has 3 atom stereocenters. The number of ether oxygens (including phenoxy) is 2. The van der Waals surface area contributed by atoms with Crippen LogP contribution < -0.4 is 4.74 Å².